The van der Waals surface area contributed by atoms with Crippen LogP contribution in [0.2, 0.25) is 15.1 Å². The van der Waals surface area contributed by atoms with Gasteiger partial charge in [0.1, 0.15) is 0 Å². The maximum absolute atomic E-state index is 12.1. The Hall–Kier alpha value is -2.28. The maximum atomic E-state index is 12.1. The number of hydrogen-bond acceptors (Lipinski definition) is 4. The molecule has 0 unspecified atom stereocenters. The van der Waals surface area contributed by atoms with Crippen molar-refractivity contribution < 1.29 is 19.1 Å². The molecule has 2 N–H and O–H groups in total. The second-order valence-electron chi connectivity index (χ2n) is 5.82. The molecule has 1 atom stereocenters. The molecule has 2 rings (SSSR count). The third kappa shape index (κ3) is 6.71. The minimum atomic E-state index is -0.641. The molecule has 6 nitrogen and oxygen atoms in total. The Kier molecular flexibility index (Phi) is 8.11. The highest BCUT2D eigenvalue weighted by Crippen LogP contribution is 2.32. The fraction of sp³-hybridized carbons (Fsp3) is 0.211. The van der Waals surface area contributed by atoms with Crippen molar-refractivity contribution in [2.75, 3.05) is 11.9 Å². The fourth-order valence-electron chi connectivity index (χ4n) is 2.36. The molecule has 0 aliphatic carbocycles. The number of carbonyl (C=O) groups is 3. The predicted octanol–water partition coefficient (Wildman–Crippen LogP) is 4.40. The number of anilines is 1. The van der Waals surface area contributed by atoms with Gasteiger partial charge in [0.15, 0.2) is 6.61 Å². The Morgan fingerprint density at radius 2 is 1.64 bits per heavy atom. The Bertz CT molecular complexity index is 875. The lowest BCUT2D eigenvalue weighted by molar-refractivity contribution is -0.148. The Morgan fingerprint density at radius 3 is 2.29 bits per heavy atom. The largest absolute Gasteiger partial charge is 0.455 e. The SMILES string of the molecule is CC(=O)N[C@H](CC(=O)OCC(=O)Nc1cc(Cl)c(Cl)cc1Cl)c1ccccc1. The van der Waals surface area contributed by atoms with Crippen LogP contribution < -0.4 is 10.6 Å². The summed E-state index contributed by atoms with van der Waals surface area (Å²) < 4.78 is 5.00. The van der Waals surface area contributed by atoms with Crippen molar-refractivity contribution in [1.29, 1.82) is 0 Å². The van der Waals surface area contributed by atoms with Gasteiger partial charge in [0, 0.05) is 6.92 Å². The van der Waals surface area contributed by atoms with Crippen LogP contribution in [0.25, 0.3) is 0 Å². The second kappa shape index (κ2) is 10.3. The summed E-state index contributed by atoms with van der Waals surface area (Å²) in [5, 5.41) is 5.85. The number of rotatable bonds is 7. The number of esters is 1. The zero-order chi connectivity index (χ0) is 20.7. The van der Waals surface area contributed by atoms with Crippen molar-refractivity contribution in [3.8, 4) is 0 Å². The first-order valence-corrected chi connectivity index (χ1v) is 9.31. The smallest absolute Gasteiger partial charge is 0.308 e. The zero-order valence-electron chi connectivity index (χ0n) is 14.8. The van der Waals surface area contributed by atoms with Crippen LogP contribution >= 0.6 is 34.8 Å². The first-order valence-electron chi connectivity index (χ1n) is 8.18. The molecule has 0 aliphatic heterocycles. The van der Waals surface area contributed by atoms with Crippen LogP contribution in [-0.2, 0) is 19.1 Å². The van der Waals surface area contributed by atoms with Crippen molar-refractivity contribution in [2.24, 2.45) is 0 Å². The molecule has 2 aromatic rings. The number of carbonyl (C=O) groups excluding carboxylic acids is 3. The Labute approximate surface area is 177 Å². The lowest BCUT2D eigenvalue weighted by Gasteiger charge is -2.17. The van der Waals surface area contributed by atoms with E-state index in [0.29, 0.717) is 0 Å². The minimum absolute atomic E-state index is 0.121. The van der Waals surface area contributed by atoms with Crippen molar-refractivity contribution in [2.45, 2.75) is 19.4 Å². The molecule has 0 fully saturated rings. The number of halogens is 3. The highest BCUT2D eigenvalue weighted by atomic mass is 35.5. The molecule has 0 aromatic heterocycles. The standard InChI is InChI=1S/C19H17Cl3N2O4/c1-11(25)23-16(12-5-3-2-4-6-12)9-19(27)28-10-18(26)24-17-8-14(21)13(20)7-15(17)22/h2-8,16H,9-10H2,1H3,(H,23,25)(H,24,26)/t16-/m1/s1. The van der Waals surface area contributed by atoms with Crippen molar-refractivity contribution in [1.82, 2.24) is 5.32 Å². The molecule has 0 bridgehead atoms. The lowest BCUT2D eigenvalue weighted by atomic mass is 10.0. The Balaban J connectivity index is 1.92. The van der Waals surface area contributed by atoms with Crippen molar-refractivity contribution in [3.05, 3.63) is 63.1 Å². The quantitative estimate of drug-likeness (QED) is 0.491. The van der Waals surface area contributed by atoms with Crippen LogP contribution in [0, 0.1) is 0 Å². The molecule has 28 heavy (non-hydrogen) atoms. The number of ether oxygens (including phenoxy) is 1. The van der Waals surface area contributed by atoms with Gasteiger partial charge in [-0.15, -0.1) is 0 Å². The molecule has 0 radical (unpaired) electrons. The van der Waals surface area contributed by atoms with E-state index in [1.165, 1.54) is 19.1 Å². The fourth-order valence-corrected chi connectivity index (χ4v) is 2.95. The number of nitrogens with one attached hydrogen (secondary N) is 2. The molecule has 2 amide bonds. The average Bonchev–Trinajstić information content (AvgIpc) is 2.64. The van der Waals surface area contributed by atoms with Gasteiger partial charge in [-0.3, -0.25) is 14.4 Å². The van der Waals surface area contributed by atoms with Crippen LogP contribution in [0.15, 0.2) is 42.5 Å². The molecule has 2 aromatic carbocycles. The summed E-state index contributed by atoms with van der Waals surface area (Å²) in [7, 11) is 0. The van der Waals surface area contributed by atoms with Gasteiger partial charge in [0.25, 0.3) is 5.91 Å². The summed E-state index contributed by atoms with van der Waals surface area (Å²) in [5.74, 6) is -1.52. The van der Waals surface area contributed by atoms with E-state index < -0.39 is 24.5 Å². The summed E-state index contributed by atoms with van der Waals surface area (Å²) in [5.41, 5.74) is 0.999. The third-order valence-electron chi connectivity index (χ3n) is 3.60. The maximum Gasteiger partial charge on any atom is 0.308 e. The van der Waals surface area contributed by atoms with E-state index >= 15 is 0 Å². The van der Waals surface area contributed by atoms with Gasteiger partial charge in [-0.2, -0.15) is 0 Å². The monoisotopic (exact) mass is 442 g/mol. The minimum Gasteiger partial charge on any atom is -0.455 e. The molecule has 0 spiro atoms. The third-order valence-corrected chi connectivity index (χ3v) is 4.63. The van der Waals surface area contributed by atoms with E-state index in [0.717, 1.165) is 5.56 Å². The van der Waals surface area contributed by atoms with Gasteiger partial charge in [-0.05, 0) is 17.7 Å². The Morgan fingerprint density at radius 1 is 1.00 bits per heavy atom. The average molecular weight is 444 g/mol. The van der Waals surface area contributed by atoms with Crippen LogP contribution in [-0.4, -0.2) is 24.4 Å². The van der Waals surface area contributed by atoms with E-state index in [4.69, 9.17) is 39.5 Å². The first kappa shape index (κ1) is 22.0. The molecule has 9 heteroatoms. The molecule has 0 saturated carbocycles. The molecule has 0 heterocycles. The summed E-state index contributed by atoms with van der Waals surface area (Å²) in [6.07, 6.45) is -0.121. The van der Waals surface area contributed by atoms with Gasteiger partial charge < -0.3 is 15.4 Å². The molecular weight excluding hydrogens is 427 g/mol. The predicted molar refractivity (Wildman–Crippen MR) is 109 cm³/mol. The van der Waals surface area contributed by atoms with Gasteiger partial charge in [0.05, 0.1) is 33.2 Å². The van der Waals surface area contributed by atoms with E-state index in [2.05, 4.69) is 10.6 Å². The summed E-state index contributed by atoms with van der Waals surface area (Å²) in [6, 6.07) is 11.2. The number of amides is 2. The van der Waals surface area contributed by atoms with Gasteiger partial charge >= 0.3 is 5.97 Å². The first-order chi connectivity index (χ1) is 13.3. The van der Waals surface area contributed by atoms with E-state index in [1.54, 1.807) is 24.3 Å². The summed E-state index contributed by atoms with van der Waals surface area (Å²) in [6.45, 7) is 0.840. The molecule has 148 valence electrons. The topological polar surface area (TPSA) is 84.5 Å². The molecular formula is C19H17Cl3N2O4. The van der Waals surface area contributed by atoms with E-state index in [-0.39, 0.29) is 33.1 Å². The second-order valence-corrected chi connectivity index (χ2v) is 7.04. The number of benzene rings is 2. The van der Waals surface area contributed by atoms with Crippen molar-refractivity contribution in [3.63, 3.8) is 0 Å². The zero-order valence-corrected chi connectivity index (χ0v) is 17.1. The number of hydrogen-bond donors (Lipinski definition) is 2. The molecule has 0 saturated heterocycles. The highest BCUT2D eigenvalue weighted by Gasteiger charge is 2.19. The lowest BCUT2D eigenvalue weighted by Crippen LogP contribution is -2.29. The molecule has 0 aliphatic rings. The highest BCUT2D eigenvalue weighted by molar-refractivity contribution is 6.44. The van der Waals surface area contributed by atoms with E-state index in [1.807, 2.05) is 6.07 Å². The summed E-state index contributed by atoms with van der Waals surface area (Å²) in [4.78, 5) is 35.5. The van der Waals surface area contributed by atoms with Gasteiger partial charge in [-0.25, -0.2) is 0 Å². The van der Waals surface area contributed by atoms with Crippen LogP contribution in [0.5, 0.6) is 0 Å². The van der Waals surface area contributed by atoms with Crippen LogP contribution in [0.1, 0.15) is 24.9 Å². The van der Waals surface area contributed by atoms with Gasteiger partial charge in [0.2, 0.25) is 5.91 Å². The normalized spacial score (nSPS) is 11.4. The van der Waals surface area contributed by atoms with Crippen LogP contribution in [0.4, 0.5) is 5.69 Å². The van der Waals surface area contributed by atoms with Crippen molar-refractivity contribution >= 4 is 58.3 Å². The summed E-state index contributed by atoms with van der Waals surface area (Å²) >= 11 is 17.7. The van der Waals surface area contributed by atoms with Gasteiger partial charge in [-0.1, -0.05) is 65.1 Å². The van der Waals surface area contributed by atoms with E-state index in [9.17, 15) is 14.4 Å². The van der Waals surface area contributed by atoms with Crippen LogP contribution in [0.3, 0.4) is 0 Å².